The molecule has 0 spiro atoms. The van der Waals surface area contributed by atoms with E-state index in [1.807, 2.05) is 44.2 Å². The van der Waals surface area contributed by atoms with Gasteiger partial charge in [0, 0.05) is 40.1 Å². The number of benzene rings is 4. The molecule has 4 aromatic carbocycles. The van der Waals surface area contributed by atoms with Gasteiger partial charge in [0.05, 0.1) is 17.2 Å². The van der Waals surface area contributed by atoms with E-state index >= 15 is 0 Å². The lowest BCUT2D eigenvalue weighted by atomic mass is 10.0. The van der Waals surface area contributed by atoms with Gasteiger partial charge in [-0.2, -0.15) is 0 Å². The Bertz CT molecular complexity index is 1750. The van der Waals surface area contributed by atoms with Crippen LogP contribution in [0, 0.1) is 0 Å². The van der Waals surface area contributed by atoms with Crippen LogP contribution in [0.3, 0.4) is 0 Å². The number of carbonyl (C=O) groups is 2. The van der Waals surface area contributed by atoms with Crippen LogP contribution in [0.1, 0.15) is 37.8 Å². The van der Waals surface area contributed by atoms with Crippen molar-refractivity contribution in [2.75, 3.05) is 24.0 Å². The first-order valence-electron chi connectivity index (χ1n) is 15.6. The van der Waals surface area contributed by atoms with Gasteiger partial charge in [0.2, 0.25) is 11.8 Å². The molecule has 254 valence electrons. The molecule has 4 rings (SSSR count). The number of ether oxygens (including phenoxy) is 1. The van der Waals surface area contributed by atoms with Gasteiger partial charge >= 0.3 is 0 Å². The highest BCUT2D eigenvalue weighted by molar-refractivity contribution is 7.92. The second-order valence-corrected chi connectivity index (χ2v) is 14.1. The van der Waals surface area contributed by atoms with E-state index in [2.05, 4.69) is 5.32 Å². The summed E-state index contributed by atoms with van der Waals surface area (Å²) in [5.41, 5.74) is 1.47. The Labute approximate surface area is 297 Å². The van der Waals surface area contributed by atoms with Crippen LogP contribution < -0.4 is 14.4 Å². The highest BCUT2D eigenvalue weighted by Gasteiger charge is 2.35. The molecule has 1 atom stereocenters. The summed E-state index contributed by atoms with van der Waals surface area (Å²) >= 11 is 19.2. The van der Waals surface area contributed by atoms with Crippen LogP contribution >= 0.6 is 34.8 Å². The highest BCUT2D eigenvalue weighted by Crippen LogP contribution is 2.30. The standard InChI is InChI=1S/C36H38Cl3N3O5S/c1-3-5-22-40-36(44)34(23-26-10-7-6-8-11-26)41(24-31-32(38)12-9-13-33(31)39)35(43)25-42(28-16-18-29(19-17-28)47-4-2)48(45,46)30-20-14-27(37)15-21-30/h6-21,34H,3-5,22-25H2,1-2H3,(H,40,44). The maximum Gasteiger partial charge on any atom is 0.264 e. The number of halogens is 3. The van der Waals surface area contributed by atoms with Gasteiger partial charge in [-0.1, -0.05) is 84.5 Å². The Morgan fingerprint density at radius 1 is 0.833 bits per heavy atom. The van der Waals surface area contributed by atoms with Crippen LogP contribution in [0.5, 0.6) is 5.75 Å². The zero-order valence-electron chi connectivity index (χ0n) is 26.7. The third kappa shape index (κ3) is 9.66. The zero-order valence-corrected chi connectivity index (χ0v) is 29.8. The maximum absolute atomic E-state index is 14.6. The number of amides is 2. The second-order valence-electron chi connectivity index (χ2n) is 11.0. The number of carbonyl (C=O) groups excluding carboxylic acids is 2. The van der Waals surface area contributed by atoms with E-state index in [4.69, 9.17) is 39.5 Å². The third-order valence-corrected chi connectivity index (χ3v) is 10.4. The van der Waals surface area contributed by atoms with Crippen molar-refractivity contribution in [2.45, 2.75) is 50.6 Å². The van der Waals surface area contributed by atoms with Gasteiger partial charge in [-0.3, -0.25) is 13.9 Å². The van der Waals surface area contributed by atoms with Crippen molar-refractivity contribution in [2.24, 2.45) is 0 Å². The monoisotopic (exact) mass is 729 g/mol. The number of unbranched alkanes of at least 4 members (excludes halogenated alkanes) is 1. The average Bonchev–Trinajstić information content (AvgIpc) is 3.07. The fraction of sp³-hybridized carbons (Fsp3) is 0.278. The minimum absolute atomic E-state index is 0.0626. The predicted octanol–water partition coefficient (Wildman–Crippen LogP) is 7.80. The molecule has 0 saturated heterocycles. The van der Waals surface area contributed by atoms with Gasteiger partial charge in [-0.05, 0) is 79.6 Å². The Morgan fingerprint density at radius 3 is 2.08 bits per heavy atom. The molecule has 0 aliphatic heterocycles. The summed E-state index contributed by atoms with van der Waals surface area (Å²) in [7, 11) is -4.30. The zero-order chi connectivity index (χ0) is 34.7. The first kappa shape index (κ1) is 37.1. The molecule has 0 aliphatic rings. The lowest BCUT2D eigenvalue weighted by Gasteiger charge is -2.34. The summed E-state index contributed by atoms with van der Waals surface area (Å²) in [5.74, 6) is -0.473. The molecule has 1 unspecified atom stereocenters. The van der Waals surface area contributed by atoms with Crippen molar-refractivity contribution >= 4 is 62.3 Å². The van der Waals surface area contributed by atoms with Crippen LogP contribution in [0.4, 0.5) is 5.69 Å². The summed E-state index contributed by atoms with van der Waals surface area (Å²) in [6, 6.07) is 25.4. The Hall–Kier alpha value is -3.76. The first-order chi connectivity index (χ1) is 23.0. The Kier molecular flexibility index (Phi) is 13.6. The molecule has 0 radical (unpaired) electrons. The first-order valence-corrected chi connectivity index (χ1v) is 18.2. The molecular weight excluding hydrogens is 693 g/mol. The second kappa shape index (κ2) is 17.6. The number of nitrogens with zero attached hydrogens (tertiary/aromatic N) is 2. The number of hydrogen-bond acceptors (Lipinski definition) is 5. The molecule has 2 amide bonds. The average molecular weight is 731 g/mol. The van der Waals surface area contributed by atoms with Crippen molar-refractivity contribution in [1.29, 1.82) is 0 Å². The molecule has 48 heavy (non-hydrogen) atoms. The van der Waals surface area contributed by atoms with Crippen LogP contribution in [-0.2, 0) is 32.6 Å². The lowest BCUT2D eigenvalue weighted by molar-refractivity contribution is -0.140. The van der Waals surface area contributed by atoms with Gasteiger partial charge in [0.1, 0.15) is 18.3 Å². The molecular formula is C36H38Cl3N3O5S. The van der Waals surface area contributed by atoms with E-state index in [-0.39, 0.29) is 29.5 Å². The summed E-state index contributed by atoms with van der Waals surface area (Å²) in [6.07, 6.45) is 1.78. The molecule has 4 aromatic rings. The predicted molar refractivity (Wildman–Crippen MR) is 192 cm³/mol. The normalized spacial score (nSPS) is 11.9. The minimum atomic E-state index is -4.30. The molecule has 0 aromatic heterocycles. The third-order valence-electron chi connectivity index (χ3n) is 7.61. The fourth-order valence-corrected chi connectivity index (χ4v) is 7.11. The van der Waals surface area contributed by atoms with Crippen molar-refractivity contribution in [3.8, 4) is 5.75 Å². The highest BCUT2D eigenvalue weighted by atomic mass is 35.5. The molecule has 0 fully saturated rings. The van der Waals surface area contributed by atoms with Crippen LogP contribution in [0.25, 0.3) is 0 Å². The van der Waals surface area contributed by atoms with E-state index < -0.39 is 28.5 Å². The largest absolute Gasteiger partial charge is 0.494 e. The molecule has 0 bridgehead atoms. The molecule has 0 heterocycles. The molecule has 8 nitrogen and oxygen atoms in total. The van der Waals surface area contributed by atoms with Gasteiger partial charge in [0.15, 0.2) is 0 Å². The van der Waals surface area contributed by atoms with Crippen molar-refractivity contribution < 1.29 is 22.7 Å². The van der Waals surface area contributed by atoms with Gasteiger partial charge in [-0.25, -0.2) is 8.42 Å². The summed E-state index contributed by atoms with van der Waals surface area (Å²) in [4.78, 5) is 29.8. The Morgan fingerprint density at radius 2 is 1.48 bits per heavy atom. The number of hydrogen-bond donors (Lipinski definition) is 1. The van der Waals surface area contributed by atoms with E-state index in [1.165, 1.54) is 29.2 Å². The summed E-state index contributed by atoms with van der Waals surface area (Å²) in [6.45, 7) is 3.92. The van der Waals surface area contributed by atoms with Crippen LogP contribution in [0.2, 0.25) is 15.1 Å². The smallest absolute Gasteiger partial charge is 0.264 e. The van der Waals surface area contributed by atoms with E-state index in [1.54, 1.807) is 42.5 Å². The molecule has 0 aliphatic carbocycles. The Balaban J connectivity index is 1.82. The number of rotatable bonds is 16. The topological polar surface area (TPSA) is 96.0 Å². The van der Waals surface area contributed by atoms with E-state index in [9.17, 15) is 18.0 Å². The maximum atomic E-state index is 14.6. The molecule has 1 N–H and O–H groups in total. The van der Waals surface area contributed by atoms with Crippen LogP contribution in [-0.4, -0.2) is 50.9 Å². The van der Waals surface area contributed by atoms with Crippen molar-refractivity contribution in [1.82, 2.24) is 10.2 Å². The quantitative estimate of drug-likeness (QED) is 0.119. The van der Waals surface area contributed by atoms with Crippen molar-refractivity contribution in [3.05, 3.63) is 123 Å². The summed E-state index contributed by atoms with van der Waals surface area (Å²) < 4.78 is 35.0. The number of nitrogens with one attached hydrogen (secondary N) is 1. The van der Waals surface area contributed by atoms with E-state index in [0.717, 1.165) is 22.7 Å². The van der Waals surface area contributed by atoms with Gasteiger partial charge in [0.25, 0.3) is 10.0 Å². The van der Waals surface area contributed by atoms with Gasteiger partial charge < -0.3 is 15.0 Å². The van der Waals surface area contributed by atoms with Crippen LogP contribution in [0.15, 0.2) is 102 Å². The molecule has 0 saturated carbocycles. The van der Waals surface area contributed by atoms with Crippen molar-refractivity contribution in [3.63, 3.8) is 0 Å². The fourth-order valence-electron chi connectivity index (χ4n) is 5.05. The lowest BCUT2D eigenvalue weighted by Crippen LogP contribution is -2.53. The SMILES string of the molecule is CCCCNC(=O)C(Cc1ccccc1)N(Cc1c(Cl)cccc1Cl)C(=O)CN(c1ccc(OCC)cc1)S(=O)(=O)c1ccc(Cl)cc1. The number of sulfonamides is 1. The van der Waals surface area contributed by atoms with E-state index in [0.29, 0.717) is 39.5 Å². The summed E-state index contributed by atoms with van der Waals surface area (Å²) in [5, 5.41) is 3.94. The molecule has 12 heteroatoms. The van der Waals surface area contributed by atoms with Gasteiger partial charge in [-0.15, -0.1) is 0 Å². The minimum Gasteiger partial charge on any atom is -0.494 e. The number of anilines is 1.